The molecule has 4 aromatic rings. The highest BCUT2D eigenvalue weighted by Crippen LogP contribution is 2.35. The van der Waals surface area contributed by atoms with Crippen LogP contribution in [-0.4, -0.2) is 19.4 Å². The summed E-state index contributed by atoms with van der Waals surface area (Å²) in [5.41, 5.74) is 5.60. The lowest BCUT2D eigenvalue weighted by Crippen LogP contribution is -2.42. The molecule has 0 bridgehead atoms. The van der Waals surface area contributed by atoms with Gasteiger partial charge in [0.2, 0.25) is 0 Å². The van der Waals surface area contributed by atoms with Crippen LogP contribution in [0.15, 0.2) is 71.4 Å². The first kappa shape index (κ1) is 21.6. The first-order chi connectivity index (χ1) is 14.8. The van der Waals surface area contributed by atoms with Crippen LogP contribution in [0.4, 0.5) is 0 Å². The van der Waals surface area contributed by atoms with Gasteiger partial charge in [-0.15, -0.1) is 4.72 Å². The Balaban J connectivity index is 1.81. The zero-order valence-corrected chi connectivity index (χ0v) is 19.1. The number of benzene rings is 2. The molecule has 31 heavy (non-hydrogen) atoms. The maximum Gasteiger partial charge on any atom is 0.167 e. The van der Waals surface area contributed by atoms with Crippen LogP contribution >= 0.6 is 0 Å². The highest BCUT2D eigenvalue weighted by Gasteiger charge is 2.31. The number of hydrogen-bond donors (Lipinski definition) is 1. The van der Waals surface area contributed by atoms with Crippen molar-refractivity contribution in [3.8, 4) is 11.3 Å². The van der Waals surface area contributed by atoms with Gasteiger partial charge in [-0.2, -0.15) is 0 Å². The SMILES string of the molecule is Cc1cccnc1C[C@H](N[S+]([O-])C(C)(C)C)c1ccccc1-c1noc2ccccc12. The van der Waals surface area contributed by atoms with E-state index in [-0.39, 0.29) is 6.04 Å². The summed E-state index contributed by atoms with van der Waals surface area (Å²) in [6, 6.07) is 19.7. The van der Waals surface area contributed by atoms with E-state index in [0.29, 0.717) is 6.42 Å². The number of para-hydroxylation sites is 1. The normalized spacial score (nSPS) is 14.0. The molecule has 2 atom stereocenters. The Morgan fingerprint density at radius 1 is 1.03 bits per heavy atom. The maximum atomic E-state index is 13.1. The van der Waals surface area contributed by atoms with Crippen molar-refractivity contribution in [2.75, 3.05) is 0 Å². The van der Waals surface area contributed by atoms with E-state index in [1.165, 1.54) is 0 Å². The predicted molar refractivity (Wildman–Crippen MR) is 126 cm³/mol. The Labute approximate surface area is 186 Å². The molecule has 0 aliphatic carbocycles. The van der Waals surface area contributed by atoms with Gasteiger partial charge in [-0.1, -0.05) is 47.6 Å². The smallest absolute Gasteiger partial charge is 0.167 e. The molecule has 4 rings (SSSR count). The molecule has 0 aliphatic heterocycles. The number of aromatic nitrogens is 2. The van der Waals surface area contributed by atoms with Crippen molar-refractivity contribution in [1.82, 2.24) is 14.9 Å². The zero-order valence-electron chi connectivity index (χ0n) is 18.3. The second-order valence-electron chi connectivity index (χ2n) is 8.64. The van der Waals surface area contributed by atoms with Gasteiger partial charge in [0.25, 0.3) is 0 Å². The first-order valence-corrected chi connectivity index (χ1v) is 11.5. The van der Waals surface area contributed by atoms with Crippen LogP contribution in [0.25, 0.3) is 22.2 Å². The molecule has 5 nitrogen and oxygen atoms in total. The molecule has 160 valence electrons. The van der Waals surface area contributed by atoms with E-state index in [4.69, 9.17) is 4.52 Å². The van der Waals surface area contributed by atoms with Gasteiger partial charge in [0.05, 0.1) is 6.04 Å². The Morgan fingerprint density at radius 3 is 2.55 bits per heavy atom. The highest BCUT2D eigenvalue weighted by atomic mass is 32.2. The van der Waals surface area contributed by atoms with E-state index in [1.54, 1.807) is 6.20 Å². The van der Waals surface area contributed by atoms with Gasteiger partial charge in [-0.3, -0.25) is 4.98 Å². The average Bonchev–Trinajstić information content (AvgIpc) is 3.18. The summed E-state index contributed by atoms with van der Waals surface area (Å²) in [6.45, 7) is 7.96. The van der Waals surface area contributed by atoms with Crippen LogP contribution in [0, 0.1) is 6.92 Å². The Bertz CT molecular complexity index is 1180. The molecule has 0 saturated carbocycles. The second-order valence-corrected chi connectivity index (χ2v) is 10.6. The summed E-state index contributed by atoms with van der Waals surface area (Å²) < 4.78 is 21.6. The van der Waals surface area contributed by atoms with E-state index >= 15 is 0 Å². The number of aryl methyl sites for hydroxylation is 1. The molecule has 0 aliphatic rings. The second kappa shape index (κ2) is 8.83. The third kappa shape index (κ3) is 4.66. The summed E-state index contributed by atoms with van der Waals surface area (Å²) in [5.74, 6) is 0. The molecule has 0 amide bonds. The number of fused-ring (bicyclic) bond motifs is 1. The molecule has 2 aromatic carbocycles. The van der Waals surface area contributed by atoms with Crippen LogP contribution in [0.1, 0.15) is 43.6 Å². The van der Waals surface area contributed by atoms with Crippen LogP contribution in [0.3, 0.4) is 0 Å². The van der Waals surface area contributed by atoms with Crippen molar-refractivity contribution in [1.29, 1.82) is 0 Å². The fourth-order valence-corrected chi connectivity index (χ4v) is 4.37. The number of pyridine rings is 1. The van der Waals surface area contributed by atoms with E-state index < -0.39 is 16.1 Å². The molecule has 0 spiro atoms. The minimum absolute atomic E-state index is 0.208. The number of nitrogens with one attached hydrogen (secondary N) is 1. The third-order valence-electron chi connectivity index (χ3n) is 5.29. The van der Waals surface area contributed by atoms with Crippen molar-refractivity contribution in [3.05, 3.63) is 83.7 Å². The number of nitrogens with zero attached hydrogens (tertiary/aromatic N) is 2. The minimum Gasteiger partial charge on any atom is -0.598 e. The van der Waals surface area contributed by atoms with Crippen LogP contribution in [-0.2, 0) is 17.8 Å². The van der Waals surface area contributed by atoms with Gasteiger partial charge in [0.1, 0.15) is 10.4 Å². The van der Waals surface area contributed by atoms with Gasteiger partial charge in [0.15, 0.2) is 5.58 Å². The van der Waals surface area contributed by atoms with Crippen molar-refractivity contribution >= 4 is 22.3 Å². The Hall–Kier alpha value is -2.67. The topological polar surface area (TPSA) is 74.0 Å². The predicted octanol–water partition coefficient (Wildman–Crippen LogP) is 5.53. The van der Waals surface area contributed by atoms with Crippen molar-refractivity contribution < 1.29 is 9.08 Å². The molecule has 0 radical (unpaired) electrons. The lowest BCUT2D eigenvalue weighted by molar-refractivity contribution is 0.459. The van der Waals surface area contributed by atoms with E-state index in [2.05, 4.69) is 33.9 Å². The van der Waals surface area contributed by atoms with Gasteiger partial charge in [-0.05, 0) is 57.0 Å². The van der Waals surface area contributed by atoms with Crippen LogP contribution in [0.2, 0.25) is 0 Å². The van der Waals surface area contributed by atoms with E-state index in [0.717, 1.165) is 39.0 Å². The van der Waals surface area contributed by atoms with E-state index in [1.807, 2.05) is 69.3 Å². The maximum absolute atomic E-state index is 13.1. The lowest BCUT2D eigenvalue weighted by Gasteiger charge is -2.29. The van der Waals surface area contributed by atoms with Gasteiger partial charge in [0, 0.05) is 40.6 Å². The summed E-state index contributed by atoms with van der Waals surface area (Å²) in [6.07, 6.45) is 2.42. The van der Waals surface area contributed by atoms with Crippen LogP contribution in [0.5, 0.6) is 0 Å². The quantitative estimate of drug-likeness (QED) is 0.405. The van der Waals surface area contributed by atoms with Gasteiger partial charge < -0.3 is 9.08 Å². The standard InChI is InChI=1S/C25H27N3O2S/c1-17-10-9-15-26-21(17)16-22(28-31(29)25(2,3)4)18-11-5-6-12-19(18)24-20-13-7-8-14-23(20)30-27-24/h5-15,22,28H,16H2,1-4H3/t22-,31?/m0/s1. The summed E-state index contributed by atoms with van der Waals surface area (Å²) in [7, 11) is 0. The van der Waals surface area contributed by atoms with Crippen LogP contribution < -0.4 is 4.72 Å². The largest absolute Gasteiger partial charge is 0.598 e. The average molecular weight is 434 g/mol. The molecular weight excluding hydrogens is 406 g/mol. The molecular formula is C25H27N3O2S. The lowest BCUT2D eigenvalue weighted by atomic mass is 9.93. The molecule has 0 saturated heterocycles. The Morgan fingerprint density at radius 2 is 1.77 bits per heavy atom. The molecule has 1 unspecified atom stereocenters. The fraction of sp³-hybridized carbons (Fsp3) is 0.280. The zero-order chi connectivity index (χ0) is 22.0. The minimum atomic E-state index is -1.25. The molecule has 1 N–H and O–H groups in total. The highest BCUT2D eigenvalue weighted by molar-refractivity contribution is 7.90. The van der Waals surface area contributed by atoms with Crippen molar-refractivity contribution in [2.24, 2.45) is 0 Å². The first-order valence-electron chi connectivity index (χ1n) is 10.4. The molecule has 2 heterocycles. The molecule has 0 fully saturated rings. The summed E-state index contributed by atoms with van der Waals surface area (Å²) in [5, 5.41) is 5.32. The summed E-state index contributed by atoms with van der Waals surface area (Å²) in [4.78, 5) is 4.58. The van der Waals surface area contributed by atoms with E-state index in [9.17, 15) is 4.55 Å². The third-order valence-corrected chi connectivity index (χ3v) is 6.90. The molecule has 6 heteroatoms. The number of hydrogen-bond acceptors (Lipinski definition) is 5. The molecule has 2 aromatic heterocycles. The van der Waals surface area contributed by atoms with Crippen molar-refractivity contribution in [3.63, 3.8) is 0 Å². The Kier molecular flexibility index (Phi) is 6.14. The summed E-state index contributed by atoms with van der Waals surface area (Å²) >= 11 is -1.25. The fourth-order valence-electron chi connectivity index (χ4n) is 3.54. The number of rotatable bonds is 6. The van der Waals surface area contributed by atoms with Crippen molar-refractivity contribution in [2.45, 2.75) is 44.9 Å². The van der Waals surface area contributed by atoms with Gasteiger partial charge in [-0.25, -0.2) is 0 Å². The van der Waals surface area contributed by atoms with Gasteiger partial charge >= 0.3 is 0 Å². The monoisotopic (exact) mass is 433 g/mol.